The van der Waals surface area contributed by atoms with E-state index in [4.69, 9.17) is 9.47 Å². The average Bonchev–Trinajstić information content (AvgIpc) is 3.03. The second kappa shape index (κ2) is 4.88. The zero-order chi connectivity index (χ0) is 19.7. The Hall–Kier alpha value is -1.30. The van der Waals surface area contributed by atoms with Gasteiger partial charge in [-0.1, -0.05) is 6.07 Å². The third kappa shape index (κ3) is 1.58. The van der Waals surface area contributed by atoms with Crippen molar-refractivity contribution in [1.29, 1.82) is 0 Å². The van der Waals surface area contributed by atoms with E-state index < -0.39 is 11.2 Å². The summed E-state index contributed by atoms with van der Waals surface area (Å²) in [6, 6.07) is 4.34. The van der Waals surface area contributed by atoms with E-state index in [2.05, 4.69) is 18.0 Å². The number of hydrogen-bond acceptors (Lipinski definition) is 5. The molecule has 0 amide bonds. The summed E-state index contributed by atoms with van der Waals surface area (Å²) in [6.07, 6.45) is 4.82. The van der Waals surface area contributed by atoms with Crippen LogP contribution in [-0.4, -0.2) is 59.2 Å². The van der Waals surface area contributed by atoms with E-state index >= 15 is 0 Å². The molecular weight excluding hydrogens is 354 g/mol. The lowest BCUT2D eigenvalue weighted by Gasteiger charge is -2.74. The molecule has 5 heteroatoms. The fourth-order valence-electron chi connectivity index (χ4n) is 8.51. The van der Waals surface area contributed by atoms with Crippen LogP contribution in [0.15, 0.2) is 12.1 Å². The van der Waals surface area contributed by atoms with E-state index in [0.717, 1.165) is 38.6 Å². The maximum Gasteiger partial charge on any atom is 0.165 e. The fraction of sp³-hybridized carbons (Fsp3) is 0.739. The van der Waals surface area contributed by atoms with Gasteiger partial charge in [-0.3, -0.25) is 0 Å². The molecule has 6 atom stereocenters. The first kappa shape index (κ1) is 17.5. The first-order valence-corrected chi connectivity index (χ1v) is 10.7. The van der Waals surface area contributed by atoms with Gasteiger partial charge in [0.1, 0.15) is 11.7 Å². The van der Waals surface area contributed by atoms with Crippen LogP contribution in [0.2, 0.25) is 0 Å². The summed E-state index contributed by atoms with van der Waals surface area (Å²) in [4.78, 5) is 2.54. The van der Waals surface area contributed by atoms with Crippen molar-refractivity contribution >= 4 is 0 Å². The third-order valence-electron chi connectivity index (χ3n) is 9.48. The van der Waals surface area contributed by atoms with Gasteiger partial charge in [0, 0.05) is 35.5 Å². The van der Waals surface area contributed by atoms with Crippen LogP contribution in [-0.2, 0) is 16.6 Å². The first-order chi connectivity index (χ1) is 13.2. The molecule has 2 heterocycles. The highest BCUT2D eigenvalue weighted by molar-refractivity contribution is 5.63. The molecule has 1 aromatic carbocycles. The number of aromatic hydroxyl groups is 1. The number of likely N-dealkylation sites (tertiary alicyclic amines) is 1. The molecule has 28 heavy (non-hydrogen) atoms. The molecule has 4 fully saturated rings. The summed E-state index contributed by atoms with van der Waals surface area (Å²) >= 11 is 0. The molecule has 2 spiro atoms. The SMILES string of the molecule is CO[C@@]12CC[C@@]3(C[C@@H]1C(C)(C)O)[C@H]1Cc4ccc(O)c5c4[C@@]3(CCN1C)[C@H]2O5. The monoisotopic (exact) mass is 385 g/mol. The van der Waals surface area contributed by atoms with Gasteiger partial charge in [-0.2, -0.15) is 0 Å². The van der Waals surface area contributed by atoms with Gasteiger partial charge in [0.05, 0.1) is 5.60 Å². The molecule has 3 saturated carbocycles. The Morgan fingerprint density at radius 3 is 2.75 bits per heavy atom. The lowest BCUT2D eigenvalue weighted by atomic mass is 9.34. The number of aliphatic hydroxyl groups is 1. The van der Waals surface area contributed by atoms with Crippen molar-refractivity contribution in [2.24, 2.45) is 11.3 Å². The smallest absolute Gasteiger partial charge is 0.165 e. The Morgan fingerprint density at radius 1 is 1.25 bits per heavy atom. The standard InChI is InChI=1S/C23H31NO4/c1-20(2,26)15-12-21-7-8-23(15,27-4)19-22(21)9-10-24(3)16(21)11-13-5-6-14(25)18(28-19)17(13)22/h5-6,15-16,19,25-26H,7-12H2,1-4H3/t15-,16-,19-,21-,22+,23+/m1/s1. The van der Waals surface area contributed by atoms with Crippen molar-refractivity contribution < 1.29 is 19.7 Å². The maximum atomic E-state index is 11.2. The van der Waals surface area contributed by atoms with Crippen molar-refractivity contribution in [2.75, 3.05) is 20.7 Å². The number of hydrogen-bond donors (Lipinski definition) is 2. The topological polar surface area (TPSA) is 62.2 Å². The van der Waals surface area contributed by atoms with Gasteiger partial charge in [-0.05, 0) is 71.2 Å². The summed E-state index contributed by atoms with van der Waals surface area (Å²) in [5, 5.41) is 21.9. The minimum atomic E-state index is -0.849. The van der Waals surface area contributed by atoms with Crippen molar-refractivity contribution in [2.45, 2.75) is 74.7 Å². The minimum Gasteiger partial charge on any atom is -0.504 e. The van der Waals surface area contributed by atoms with Crippen molar-refractivity contribution in [3.8, 4) is 11.5 Å². The summed E-state index contributed by atoms with van der Waals surface area (Å²) in [6.45, 7) is 4.89. The quantitative estimate of drug-likeness (QED) is 0.819. The number of likely N-dealkylation sites (N-methyl/N-ethyl adjacent to an activating group) is 1. The third-order valence-corrected chi connectivity index (χ3v) is 9.48. The number of ether oxygens (including phenoxy) is 2. The summed E-state index contributed by atoms with van der Waals surface area (Å²) < 4.78 is 13.0. The Labute approximate surface area is 166 Å². The normalized spacial score (nSPS) is 45.7. The van der Waals surface area contributed by atoms with E-state index in [-0.39, 0.29) is 28.6 Å². The Morgan fingerprint density at radius 2 is 2.04 bits per heavy atom. The second-order valence-corrected chi connectivity index (χ2v) is 10.6. The van der Waals surface area contributed by atoms with Crippen molar-refractivity contribution in [3.05, 3.63) is 23.3 Å². The van der Waals surface area contributed by atoms with Crippen LogP contribution >= 0.6 is 0 Å². The van der Waals surface area contributed by atoms with Gasteiger partial charge in [0.15, 0.2) is 11.5 Å². The fourth-order valence-corrected chi connectivity index (χ4v) is 8.51. The largest absolute Gasteiger partial charge is 0.504 e. The Balaban J connectivity index is 1.69. The van der Waals surface area contributed by atoms with E-state index in [1.165, 1.54) is 11.1 Å². The zero-order valence-corrected chi connectivity index (χ0v) is 17.3. The molecule has 152 valence electrons. The van der Waals surface area contributed by atoms with Crippen molar-refractivity contribution in [1.82, 2.24) is 4.90 Å². The predicted octanol–water partition coefficient (Wildman–Crippen LogP) is 2.61. The van der Waals surface area contributed by atoms with Gasteiger partial charge < -0.3 is 24.6 Å². The lowest BCUT2D eigenvalue weighted by Crippen LogP contribution is -2.82. The van der Waals surface area contributed by atoms with Gasteiger partial charge in [0.2, 0.25) is 0 Å². The number of rotatable bonds is 2. The van der Waals surface area contributed by atoms with Crippen LogP contribution in [0.4, 0.5) is 0 Å². The van der Waals surface area contributed by atoms with Gasteiger partial charge >= 0.3 is 0 Å². The number of piperidine rings is 1. The van der Waals surface area contributed by atoms with E-state index in [0.29, 0.717) is 11.8 Å². The lowest BCUT2D eigenvalue weighted by molar-refractivity contribution is -0.298. The molecule has 0 radical (unpaired) electrons. The molecule has 4 aliphatic carbocycles. The molecule has 2 N–H and O–H groups in total. The summed E-state index contributed by atoms with van der Waals surface area (Å²) in [7, 11) is 4.05. The highest BCUT2D eigenvalue weighted by atomic mass is 16.6. The first-order valence-electron chi connectivity index (χ1n) is 10.7. The zero-order valence-electron chi connectivity index (χ0n) is 17.3. The Bertz CT molecular complexity index is 878. The Kier molecular flexibility index (Phi) is 3.06. The minimum absolute atomic E-state index is 0.00359. The highest BCUT2D eigenvalue weighted by Gasteiger charge is 2.81. The van der Waals surface area contributed by atoms with Gasteiger partial charge in [-0.25, -0.2) is 0 Å². The number of nitrogens with zero attached hydrogens (tertiary/aromatic N) is 1. The molecule has 1 saturated heterocycles. The molecule has 2 aliphatic heterocycles. The van der Waals surface area contributed by atoms with Crippen molar-refractivity contribution in [3.63, 3.8) is 0 Å². The molecule has 0 unspecified atom stereocenters. The van der Waals surface area contributed by atoms with E-state index in [1.54, 1.807) is 13.2 Å². The molecule has 1 aromatic rings. The van der Waals surface area contributed by atoms with E-state index in [1.807, 2.05) is 13.8 Å². The average molecular weight is 386 g/mol. The molecule has 6 aliphatic rings. The van der Waals surface area contributed by atoms with E-state index in [9.17, 15) is 10.2 Å². The number of phenolic OH excluding ortho intramolecular Hbond substituents is 1. The second-order valence-electron chi connectivity index (χ2n) is 10.6. The predicted molar refractivity (Wildman–Crippen MR) is 105 cm³/mol. The van der Waals surface area contributed by atoms with Crippen LogP contribution in [0.5, 0.6) is 11.5 Å². The van der Waals surface area contributed by atoms with Crippen LogP contribution in [0.25, 0.3) is 0 Å². The van der Waals surface area contributed by atoms with Crippen LogP contribution in [0, 0.1) is 11.3 Å². The maximum absolute atomic E-state index is 11.2. The van der Waals surface area contributed by atoms with Crippen LogP contribution in [0.3, 0.4) is 0 Å². The highest BCUT2D eigenvalue weighted by Crippen LogP contribution is 2.77. The molecule has 0 aromatic heterocycles. The van der Waals surface area contributed by atoms with Crippen LogP contribution < -0.4 is 4.74 Å². The van der Waals surface area contributed by atoms with Crippen LogP contribution in [0.1, 0.15) is 50.7 Å². The molecular formula is C23H31NO4. The number of phenols is 1. The van der Waals surface area contributed by atoms with Gasteiger partial charge in [0.25, 0.3) is 0 Å². The van der Waals surface area contributed by atoms with Gasteiger partial charge in [-0.15, -0.1) is 0 Å². The molecule has 5 nitrogen and oxygen atoms in total. The summed E-state index contributed by atoms with van der Waals surface area (Å²) in [5.74, 6) is 0.944. The number of benzene rings is 1. The number of methoxy groups -OCH3 is 1. The molecule has 4 bridgehead atoms. The summed E-state index contributed by atoms with van der Waals surface area (Å²) in [5.41, 5.74) is 1.15. The number of fused-ring (bicyclic) bond motifs is 2. The molecule has 7 rings (SSSR count).